The van der Waals surface area contributed by atoms with Crippen molar-refractivity contribution < 1.29 is 19.7 Å². The second-order valence-electron chi connectivity index (χ2n) is 4.44. The molecule has 0 unspecified atom stereocenters. The highest BCUT2D eigenvalue weighted by Crippen LogP contribution is 2.31. The van der Waals surface area contributed by atoms with Gasteiger partial charge < -0.3 is 25.4 Å². The van der Waals surface area contributed by atoms with Gasteiger partial charge in [0.2, 0.25) is 4.77 Å². The zero-order valence-corrected chi connectivity index (χ0v) is 11.5. The molecule has 0 aliphatic carbocycles. The first-order valence-corrected chi connectivity index (χ1v) is 6.22. The molecule has 0 saturated carbocycles. The molecule has 0 radical (unpaired) electrons. The molecule has 19 heavy (non-hydrogen) atoms. The summed E-state index contributed by atoms with van der Waals surface area (Å²) in [6.45, 7) is 1.50. The minimum Gasteiger partial charge on any atom is -0.394 e. The molecule has 1 aliphatic rings. The van der Waals surface area contributed by atoms with Crippen LogP contribution in [0.15, 0.2) is 6.20 Å². The van der Waals surface area contributed by atoms with E-state index in [0.717, 1.165) is 5.56 Å². The van der Waals surface area contributed by atoms with Crippen LogP contribution in [0.5, 0.6) is 0 Å². The highest BCUT2D eigenvalue weighted by atomic mass is 32.1. The molecule has 4 N–H and O–H groups in total. The standard InChI is InChI=1S/C11H17N3O4S/c1-5-3-14(11(19)13-9(5)12)10-8(17-2)7(16)6(4-15)18-10/h3,6-8,10,15-16H,4H2,1-2H3,(H2,12,13,19)/t6-,7-,8-,10-/m1/s1. The molecule has 8 heteroatoms. The number of methoxy groups -OCH3 is 1. The van der Waals surface area contributed by atoms with Gasteiger partial charge in [0.05, 0.1) is 6.61 Å². The van der Waals surface area contributed by atoms with E-state index in [1.165, 1.54) is 7.11 Å². The van der Waals surface area contributed by atoms with E-state index in [2.05, 4.69) is 4.98 Å². The summed E-state index contributed by atoms with van der Waals surface area (Å²) in [5.41, 5.74) is 6.43. The molecule has 106 valence electrons. The minimum atomic E-state index is -0.931. The maximum Gasteiger partial charge on any atom is 0.203 e. The van der Waals surface area contributed by atoms with Gasteiger partial charge in [-0.1, -0.05) is 0 Å². The van der Waals surface area contributed by atoms with Crippen LogP contribution in [0.1, 0.15) is 11.8 Å². The van der Waals surface area contributed by atoms with Crippen molar-refractivity contribution in [3.05, 3.63) is 16.5 Å². The Morgan fingerprint density at radius 2 is 2.32 bits per heavy atom. The summed E-state index contributed by atoms with van der Waals surface area (Å²) in [5, 5.41) is 19.2. The number of aliphatic hydroxyl groups is 2. The number of anilines is 1. The zero-order valence-electron chi connectivity index (χ0n) is 10.7. The van der Waals surface area contributed by atoms with Crippen molar-refractivity contribution in [1.82, 2.24) is 9.55 Å². The fourth-order valence-corrected chi connectivity index (χ4v) is 2.36. The average molecular weight is 287 g/mol. The van der Waals surface area contributed by atoms with Crippen LogP contribution < -0.4 is 5.73 Å². The number of nitrogens with two attached hydrogens (primary N) is 1. The predicted molar refractivity (Wildman–Crippen MR) is 70.0 cm³/mol. The van der Waals surface area contributed by atoms with Gasteiger partial charge in [-0.3, -0.25) is 4.57 Å². The van der Waals surface area contributed by atoms with E-state index in [0.29, 0.717) is 5.82 Å². The summed E-state index contributed by atoms with van der Waals surface area (Å²) in [7, 11) is 1.46. The highest BCUT2D eigenvalue weighted by molar-refractivity contribution is 7.71. The first kappa shape index (κ1) is 14.4. The van der Waals surface area contributed by atoms with Gasteiger partial charge in [-0.15, -0.1) is 0 Å². The SMILES string of the molecule is CO[C@@H]1[C@H](O)[C@@H](CO)O[C@H]1n1cc(C)c(N)nc1=S. The Balaban J connectivity index is 2.41. The summed E-state index contributed by atoms with van der Waals surface area (Å²) < 4.78 is 12.6. The number of hydrogen-bond acceptors (Lipinski definition) is 7. The number of rotatable bonds is 3. The van der Waals surface area contributed by atoms with E-state index in [1.54, 1.807) is 17.7 Å². The maximum atomic E-state index is 9.99. The molecule has 2 rings (SSSR count). The number of aliphatic hydroxyl groups excluding tert-OH is 2. The van der Waals surface area contributed by atoms with Gasteiger partial charge in [-0.2, -0.15) is 0 Å². The van der Waals surface area contributed by atoms with Crippen molar-refractivity contribution in [2.45, 2.75) is 31.5 Å². The molecule has 7 nitrogen and oxygen atoms in total. The summed E-state index contributed by atoms with van der Waals surface area (Å²) >= 11 is 5.14. The fraction of sp³-hybridized carbons (Fsp3) is 0.636. The Morgan fingerprint density at radius 1 is 1.63 bits per heavy atom. The minimum absolute atomic E-state index is 0.237. The third-order valence-corrected chi connectivity index (χ3v) is 3.51. The van der Waals surface area contributed by atoms with Gasteiger partial charge >= 0.3 is 0 Å². The monoisotopic (exact) mass is 287 g/mol. The average Bonchev–Trinajstić information content (AvgIpc) is 2.70. The van der Waals surface area contributed by atoms with E-state index in [9.17, 15) is 10.2 Å². The van der Waals surface area contributed by atoms with Gasteiger partial charge in [0, 0.05) is 18.9 Å². The lowest BCUT2D eigenvalue weighted by molar-refractivity contribution is -0.0615. The number of nitrogens with zero attached hydrogens (tertiary/aromatic N) is 2. The van der Waals surface area contributed by atoms with Gasteiger partial charge in [0.1, 0.15) is 24.1 Å². The zero-order chi connectivity index (χ0) is 14.2. The molecule has 1 aliphatic heterocycles. The van der Waals surface area contributed by atoms with Crippen molar-refractivity contribution in [2.24, 2.45) is 0 Å². The number of nitrogen functional groups attached to an aromatic ring is 1. The van der Waals surface area contributed by atoms with E-state index in [-0.39, 0.29) is 11.4 Å². The number of aryl methyl sites for hydroxylation is 1. The lowest BCUT2D eigenvalue weighted by Gasteiger charge is -2.21. The first-order valence-electron chi connectivity index (χ1n) is 5.82. The molecule has 1 saturated heterocycles. The molecule has 1 aromatic rings. The van der Waals surface area contributed by atoms with Crippen molar-refractivity contribution in [2.75, 3.05) is 19.5 Å². The lowest BCUT2D eigenvalue weighted by atomic mass is 10.1. The Bertz CT molecular complexity index is 521. The highest BCUT2D eigenvalue weighted by Gasteiger charge is 2.44. The molecule has 1 aromatic heterocycles. The maximum absolute atomic E-state index is 9.99. The molecular weight excluding hydrogens is 270 g/mol. The first-order chi connectivity index (χ1) is 8.99. The predicted octanol–water partition coefficient (Wildman–Crippen LogP) is -0.231. The molecule has 2 heterocycles. The van der Waals surface area contributed by atoms with Gasteiger partial charge in [0.25, 0.3) is 0 Å². The smallest absolute Gasteiger partial charge is 0.203 e. The van der Waals surface area contributed by atoms with Crippen molar-refractivity contribution >= 4 is 18.0 Å². The number of ether oxygens (including phenoxy) is 2. The van der Waals surface area contributed by atoms with E-state index in [4.69, 9.17) is 27.4 Å². The molecule has 4 atom stereocenters. The Labute approximate surface area is 115 Å². The normalized spacial score (nSPS) is 30.7. The van der Waals surface area contributed by atoms with Crippen molar-refractivity contribution in [1.29, 1.82) is 0 Å². The van der Waals surface area contributed by atoms with Crippen LogP contribution in [-0.2, 0) is 9.47 Å². The Morgan fingerprint density at radius 3 is 2.89 bits per heavy atom. The molecule has 0 bridgehead atoms. The van der Waals surface area contributed by atoms with Crippen LogP contribution in [0.3, 0.4) is 0 Å². The van der Waals surface area contributed by atoms with Gasteiger partial charge in [0.15, 0.2) is 6.23 Å². The van der Waals surface area contributed by atoms with E-state index in [1.807, 2.05) is 0 Å². The molecule has 0 amide bonds. The third-order valence-electron chi connectivity index (χ3n) is 3.21. The van der Waals surface area contributed by atoms with E-state index < -0.39 is 24.5 Å². The quantitative estimate of drug-likeness (QED) is 0.660. The van der Waals surface area contributed by atoms with Crippen LogP contribution in [0.4, 0.5) is 5.82 Å². The molecule has 0 aromatic carbocycles. The van der Waals surface area contributed by atoms with Crippen LogP contribution in [0.25, 0.3) is 0 Å². The fourth-order valence-electron chi connectivity index (χ4n) is 2.11. The van der Waals surface area contributed by atoms with Crippen LogP contribution in [0.2, 0.25) is 0 Å². The molecule has 1 fully saturated rings. The summed E-state index contributed by atoms with van der Waals surface area (Å²) in [6, 6.07) is 0. The molecule has 0 spiro atoms. The van der Waals surface area contributed by atoms with Crippen LogP contribution >= 0.6 is 12.2 Å². The second kappa shape index (κ2) is 5.51. The number of aromatic nitrogens is 2. The van der Waals surface area contributed by atoms with Crippen molar-refractivity contribution in [3.8, 4) is 0 Å². The van der Waals surface area contributed by atoms with Crippen molar-refractivity contribution in [3.63, 3.8) is 0 Å². The number of hydrogen-bond donors (Lipinski definition) is 3. The summed E-state index contributed by atoms with van der Waals surface area (Å²) in [5.74, 6) is 0.354. The van der Waals surface area contributed by atoms with Crippen LogP contribution in [0, 0.1) is 11.7 Å². The lowest BCUT2D eigenvalue weighted by Crippen LogP contribution is -2.34. The second-order valence-corrected chi connectivity index (χ2v) is 4.80. The summed E-state index contributed by atoms with van der Waals surface area (Å²) in [4.78, 5) is 4.04. The third kappa shape index (κ3) is 2.49. The van der Waals surface area contributed by atoms with E-state index >= 15 is 0 Å². The molecular formula is C11H17N3O4S. The Hall–Kier alpha value is -1.06. The van der Waals surface area contributed by atoms with Gasteiger partial charge in [-0.25, -0.2) is 4.98 Å². The Kier molecular flexibility index (Phi) is 4.16. The van der Waals surface area contributed by atoms with Crippen LogP contribution in [-0.4, -0.2) is 51.8 Å². The topological polar surface area (TPSA) is 103 Å². The largest absolute Gasteiger partial charge is 0.394 e. The summed E-state index contributed by atoms with van der Waals surface area (Å²) in [6.07, 6.45) is -1.21. The van der Waals surface area contributed by atoms with Gasteiger partial charge in [-0.05, 0) is 19.1 Å².